The average molecular weight is 355 g/mol. The summed E-state index contributed by atoms with van der Waals surface area (Å²) >= 11 is 0. The Balaban J connectivity index is 1.71. The molecule has 1 aliphatic heterocycles. The van der Waals surface area contributed by atoms with Crippen LogP contribution in [0.25, 0.3) is 0 Å². The number of benzene rings is 1. The largest absolute Gasteiger partial charge is 0.486 e. The van der Waals surface area contributed by atoms with E-state index in [1.807, 2.05) is 13.8 Å². The summed E-state index contributed by atoms with van der Waals surface area (Å²) in [5.74, 6) is 0.418. The number of aromatic nitrogens is 1. The van der Waals surface area contributed by atoms with Gasteiger partial charge >= 0.3 is 0 Å². The Bertz CT molecular complexity index is 793. The van der Waals surface area contributed by atoms with E-state index in [0.29, 0.717) is 36.0 Å². The van der Waals surface area contributed by atoms with Gasteiger partial charge < -0.3 is 20.1 Å². The molecular weight excluding hydrogens is 334 g/mol. The van der Waals surface area contributed by atoms with E-state index in [4.69, 9.17) is 9.47 Å². The van der Waals surface area contributed by atoms with Crippen LogP contribution in [0.2, 0.25) is 0 Å². The predicted molar refractivity (Wildman–Crippen MR) is 96.4 cm³/mol. The van der Waals surface area contributed by atoms with E-state index in [1.165, 1.54) is 0 Å². The number of rotatable bonds is 5. The van der Waals surface area contributed by atoms with Gasteiger partial charge in [-0.3, -0.25) is 14.6 Å². The number of ether oxygens (including phenoxy) is 2. The zero-order valence-corrected chi connectivity index (χ0v) is 14.7. The molecule has 7 nitrogen and oxygen atoms in total. The van der Waals surface area contributed by atoms with Gasteiger partial charge in [-0.2, -0.15) is 0 Å². The maximum Gasteiger partial charge on any atom is 0.252 e. The molecule has 3 rings (SSSR count). The lowest BCUT2D eigenvalue weighted by atomic mass is 10.0. The number of fused-ring (bicyclic) bond motifs is 1. The van der Waals surface area contributed by atoms with Crippen LogP contribution in [0.3, 0.4) is 0 Å². The molecule has 0 aliphatic carbocycles. The van der Waals surface area contributed by atoms with Gasteiger partial charge in [-0.25, -0.2) is 0 Å². The highest BCUT2D eigenvalue weighted by atomic mass is 16.6. The third kappa shape index (κ3) is 4.11. The van der Waals surface area contributed by atoms with E-state index >= 15 is 0 Å². The number of pyridine rings is 1. The van der Waals surface area contributed by atoms with Crippen molar-refractivity contribution < 1.29 is 19.1 Å². The molecule has 0 unspecified atom stereocenters. The number of nitrogens with one attached hydrogen (secondary N) is 2. The molecule has 7 heteroatoms. The van der Waals surface area contributed by atoms with Gasteiger partial charge in [0.15, 0.2) is 11.5 Å². The van der Waals surface area contributed by atoms with E-state index in [9.17, 15) is 9.59 Å². The van der Waals surface area contributed by atoms with Crippen LogP contribution in [-0.2, 0) is 4.79 Å². The molecule has 26 heavy (non-hydrogen) atoms. The molecule has 2 aromatic rings. The highest BCUT2D eigenvalue weighted by Crippen LogP contribution is 2.30. The summed E-state index contributed by atoms with van der Waals surface area (Å²) in [4.78, 5) is 29.1. The number of amides is 2. The minimum Gasteiger partial charge on any atom is -0.486 e. The molecule has 136 valence electrons. The number of hydrogen-bond acceptors (Lipinski definition) is 5. The van der Waals surface area contributed by atoms with E-state index in [0.717, 1.165) is 0 Å². The smallest absolute Gasteiger partial charge is 0.252 e. The number of anilines is 1. The topological polar surface area (TPSA) is 89.5 Å². The minimum absolute atomic E-state index is 0.0900. The average Bonchev–Trinajstić information content (AvgIpc) is 2.66. The van der Waals surface area contributed by atoms with Gasteiger partial charge in [0.2, 0.25) is 5.91 Å². The quantitative estimate of drug-likeness (QED) is 0.859. The van der Waals surface area contributed by atoms with Gasteiger partial charge in [-0.1, -0.05) is 13.8 Å². The summed E-state index contributed by atoms with van der Waals surface area (Å²) in [7, 11) is 0. The molecule has 2 heterocycles. The van der Waals surface area contributed by atoms with Crippen LogP contribution >= 0.6 is 0 Å². The van der Waals surface area contributed by atoms with Gasteiger partial charge in [0.25, 0.3) is 5.91 Å². The molecule has 2 amide bonds. The fourth-order valence-electron chi connectivity index (χ4n) is 2.60. The van der Waals surface area contributed by atoms with Crippen molar-refractivity contribution in [3.8, 4) is 11.5 Å². The summed E-state index contributed by atoms with van der Waals surface area (Å²) in [6.45, 7) is 4.68. The maximum absolute atomic E-state index is 12.6. The number of carbonyl (C=O) groups excluding carboxylic acids is 2. The third-order valence-corrected chi connectivity index (χ3v) is 3.97. The third-order valence-electron chi connectivity index (χ3n) is 3.97. The fourth-order valence-corrected chi connectivity index (χ4v) is 2.60. The Morgan fingerprint density at radius 1 is 1.12 bits per heavy atom. The summed E-state index contributed by atoms with van der Waals surface area (Å²) in [6.07, 6.45) is 3.18. The van der Waals surface area contributed by atoms with Gasteiger partial charge in [0.1, 0.15) is 19.3 Å². The Kier molecular flexibility index (Phi) is 5.36. The van der Waals surface area contributed by atoms with Crippen LogP contribution in [0.1, 0.15) is 24.2 Å². The molecule has 1 aromatic carbocycles. The fraction of sp³-hybridized carbons (Fsp3) is 0.316. The van der Waals surface area contributed by atoms with Crippen molar-refractivity contribution in [2.75, 3.05) is 18.5 Å². The zero-order chi connectivity index (χ0) is 18.5. The first kappa shape index (κ1) is 17.7. The minimum atomic E-state index is -0.684. The summed E-state index contributed by atoms with van der Waals surface area (Å²) in [5.41, 5.74) is 0.991. The molecule has 0 saturated carbocycles. The molecule has 1 atom stereocenters. The van der Waals surface area contributed by atoms with Crippen molar-refractivity contribution >= 4 is 17.5 Å². The van der Waals surface area contributed by atoms with Crippen LogP contribution in [0.5, 0.6) is 11.5 Å². The van der Waals surface area contributed by atoms with E-state index in [2.05, 4.69) is 15.6 Å². The molecule has 0 bridgehead atoms. The van der Waals surface area contributed by atoms with Crippen molar-refractivity contribution in [2.24, 2.45) is 5.92 Å². The molecule has 0 saturated heterocycles. The van der Waals surface area contributed by atoms with Crippen LogP contribution in [-0.4, -0.2) is 36.1 Å². The lowest BCUT2D eigenvalue weighted by molar-refractivity contribution is -0.118. The van der Waals surface area contributed by atoms with Crippen molar-refractivity contribution in [1.82, 2.24) is 10.3 Å². The van der Waals surface area contributed by atoms with Crippen molar-refractivity contribution in [3.63, 3.8) is 0 Å². The molecular formula is C19H21N3O4. The SMILES string of the molecule is CC(C)[C@H](NC(=O)c1ccc2c(c1)OCCO2)C(=O)Nc1cccnc1. The van der Waals surface area contributed by atoms with Crippen LogP contribution in [0.4, 0.5) is 5.69 Å². The maximum atomic E-state index is 12.6. The van der Waals surface area contributed by atoms with Crippen molar-refractivity contribution in [1.29, 1.82) is 0 Å². The highest BCUT2D eigenvalue weighted by Gasteiger charge is 2.25. The highest BCUT2D eigenvalue weighted by molar-refractivity contribution is 6.01. The first-order chi connectivity index (χ1) is 12.5. The number of hydrogen-bond donors (Lipinski definition) is 2. The van der Waals surface area contributed by atoms with E-state index in [1.54, 1.807) is 42.7 Å². The van der Waals surface area contributed by atoms with Crippen molar-refractivity contribution in [3.05, 3.63) is 48.3 Å². The van der Waals surface area contributed by atoms with E-state index in [-0.39, 0.29) is 17.7 Å². The van der Waals surface area contributed by atoms with Gasteiger partial charge in [0, 0.05) is 11.8 Å². The van der Waals surface area contributed by atoms with Gasteiger partial charge in [-0.05, 0) is 36.2 Å². The van der Waals surface area contributed by atoms with Crippen molar-refractivity contribution in [2.45, 2.75) is 19.9 Å². The Morgan fingerprint density at radius 3 is 2.58 bits per heavy atom. The Labute approximate surface area is 151 Å². The van der Waals surface area contributed by atoms with Crippen LogP contribution in [0, 0.1) is 5.92 Å². The summed E-state index contributed by atoms with van der Waals surface area (Å²) < 4.78 is 11.0. The van der Waals surface area contributed by atoms with E-state index < -0.39 is 6.04 Å². The molecule has 0 radical (unpaired) electrons. The first-order valence-electron chi connectivity index (χ1n) is 8.46. The zero-order valence-electron chi connectivity index (χ0n) is 14.7. The first-order valence-corrected chi connectivity index (χ1v) is 8.46. The second kappa shape index (κ2) is 7.86. The standard InChI is InChI=1S/C19H21N3O4/c1-12(2)17(19(24)21-14-4-3-7-20-11-14)22-18(23)13-5-6-15-16(10-13)26-9-8-25-15/h3-7,10-12,17H,8-9H2,1-2H3,(H,21,24)(H,22,23)/t17-/m0/s1. The Hall–Kier alpha value is -3.09. The number of carbonyl (C=O) groups is 2. The lowest BCUT2D eigenvalue weighted by Gasteiger charge is -2.22. The van der Waals surface area contributed by atoms with Gasteiger partial charge in [-0.15, -0.1) is 0 Å². The normalized spacial score (nSPS) is 13.8. The predicted octanol–water partition coefficient (Wildman–Crippen LogP) is 2.25. The molecule has 1 aliphatic rings. The lowest BCUT2D eigenvalue weighted by Crippen LogP contribution is -2.47. The second-order valence-electron chi connectivity index (χ2n) is 6.28. The summed E-state index contributed by atoms with van der Waals surface area (Å²) in [6, 6.07) is 7.76. The van der Waals surface area contributed by atoms with Crippen LogP contribution < -0.4 is 20.1 Å². The molecule has 0 fully saturated rings. The summed E-state index contributed by atoms with van der Waals surface area (Å²) in [5, 5.41) is 5.56. The van der Waals surface area contributed by atoms with Gasteiger partial charge in [0.05, 0.1) is 11.9 Å². The molecule has 1 aromatic heterocycles. The molecule has 0 spiro atoms. The Morgan fingerprint density at radius 2 is 1.88 bits per heavy atom. The van der Waals surface area contributed by atoms with Crippen LogP contribution in [0.15, 0.2) is 42.7 Å². The molecule has 2 N–H and O–H groups in total. The second-order valence-corrected chi connectivity index (χ2v) is 6.28. The number of nitrogens with zero attached hydrogens (tertiary/aromatic N) is 1. The monoisotopic (exact) mass is 355 g/mol.